The molecule has 5 nitrogen and oxygen atoms in total. The summed E-state index contributed by atoms with van der Waals surface area (Å²) < 4.78 is 5.35. The van der Waals surface area contributed by atoms with E-state index in [4.69, 9.17) is 16.3 Å². The maximum Gasteiger partial charge on any atom is 0.410 e. The summed E-state index contributed by atoms with van der Waals surface area (Å²) >= 11 is 6.28. The van der Waals surface area contributed by atoms with Crippen molar-refractivity contribution in [3.63, 3.8) is 0 Å². The number of carbonyl (C=O) groups excluding carboxylic acids is 2. The van der Waals surface area contributed by atoms with Crippen LogP contribution < -0.4 is 0 Å². The summed E-state index contributed by atoms with van der Waals surface area (Å²) in [5, 5.41) is -0.690. The molecule has 126 valence electrons. The predicted molar refractivity (Wildman–Crippen MR) is 89.4 cm³/mol. The second-order valence-corrected chi connectivity index (χ2v) is 7.00. The number of carbonyl (C=O) groups is 2. The SMILES string of the molecule is CC(C)(C)OC(=O)N1CCN(C(=O)C(Cl)c2ccccc2)CC1. The topological polar surface area (TPSA) is 49.9 Å². The van der Waals surface area contributed by atoms with Gasteiger partial charge in [-0.05, 0) is 26.3 Å². The smallest absolute Gasteiger partial charge is 0.410 e. The lowest BCUT2D eigenvalue weighted by atomic mass is 10.1. The Hall–Kier alpha value is -1.75. The lowest BCUT2D eigenvalue weighted by Gasteiger charge is -2.36. The number of ether oxygens (including phenoxy) is 1. The van der Waals surface area contributed by atoms with Crippen LogP contribution in [-0.4, -0.2) is 53.6 Å². The molecule has 0 spiro atoms. The Balaban J connectivity index is 1.89. The molecule has 23 heavy (non-hydrogen) atoms. The summed E-state index contributed by atoms with van der Waals surface area (Å²) in [6, 6.07) is 9.28. The Bertz CT molecular complexity index is 549. The minimum atomic E-state index is -0.690. The quantitative estimate of drug-likeness (QED) is 0.779. The fraction of sp³-hybridized carbons (Fsp3) is 0.529. The third kappa shape index (κ3) is 4.86. The van der Waals surface area contributed by atoms with Crippen LogP contribution in [0, 0.1) is 0 Å². The Morgan fingerprint density at radius 3 is 2.09 bits per heavy atom. The van der Waals surface area contributed by atoms with Crippen molar-refractivity contribution in [2.45, 2.75) is 31.7 Å². The van der Waals surface area contributed by atoms with Crippen LogP contribution in [0.5, 0.6) is 0 Å². The third-order valence-electron chi connectivity index (χ3n) is 3.55. The first-order chi connectivity index (χ1) is 10.8. The Labute approximate surface area is 142 Å². The van der Waals surface area contributed by atoms with Crippen molar-refractivity contribution in [2.75, 3.05) is 26.2 Å². The van der Waals surface area contributed by atoms with Crippen LogP contribution in [0.4, 0.5) is 4.79 Å². The van der Waals surface area contributed by atoms with Crippen molar-refractivity contribution in [3.05, 3.63) is 35.9 Å². The van der Waals surface area contributed by atoms with Crippen molar-refractivity contribution < 1.29 is 14.3 Å². The van der Waals surface area contributed by atoms with E-state index in [1.54, 1.807) is 9.80 Å². The molecule has 0 aromatic heterocycles. The highest BCUT2D eigenvalue weighted by molar-refractivity contribution is 6.30. The van der Waals surface area contributed by atoms with Gasteiger partial charge in [0.15, 0.2) is 0 Å². The van der Waals surface area contributed by atoms with Crippen LogP contribution in [0.2, 0.25) is 0 Å². The van der Waals surface area contributed by atoms with Crippen molar-refractivity contribution >= 4 is 23.6 Å². The summed E-state index contributed by atoms with van der Waals surface area (Å²) in [7, 11) is 0. The van der Waals surface area contributed by atoms with Crippen molar-refractivity contribution in [1.82, 2.24) is 9.80 Å². The van der Waals surface area contributed by atoms with Gasteiger partial charge in [0.25, 0.3) is 0 Å². The van der Waals surface area contributed by atoms with Crippen molar-refractivity contribution in [1.29, 1.82) is 0 Å². The average Bonchev–Trinajstić information content (AvgIpc) is 2.53. The van der Waals surface area contributed by atoms with Gasteiger partial charge in [-0.2, -0.15) is 0 Å². The van der Waals surface area contributed by atoms with Gasteiger partial charge < -0.3 is 14.5 Å². The molecule has 1 aromatic carbocycles. The molecule has 1 aliphatic rings. The van der Waals surface area contributed by atoms with E-state index in [0.717, 1.165) is 5.56 Å². The highest BCUT2D eigenvalue weighted by Crippen LogP contribution is 2.23. The van der Waals surface area contributed by atoms with E-state index in [0.29, 0.717) is 26.2 Å². The molecule has 0 N–H and O–H groups in total. The lowest BCUT2D eigenvalue weighted by Crippen LogP contribution is -2.52. The molecule has 1 saturated heterocycles. The zero-order valence-corrected chi connectivity index (χ0v) is 14.5. The number of nitrogens with zero attached hydrogens (tertiary/aromatic N) is 2. The number of amides is 2. The van der Waals surface area contributed by atoms with Gasteiger partial charge in [0.1, 0.15) is 11.0 Å². The normalized spacial score (nSPS) is 16.9. The fourth-order valence-electron chi connectivity index (χ4n) is 2.36. The number of halogens is 1. The molecule has 2 amide bonds. The first kappa shape index (κ1) is 17.6. The van der Waals surface area contributed by atoms with E-state index < -0.39 is 11.0 Å². The van der Waals surface area contributed by atoms with Crippen LogP contribution in [0.25, 0.3) is 0 Å². The standard InChI is InChI=1S/C17H23ClN2O3/c1-17(2,3)23-16(22)20-11-9-19(10-12-20)15(21)14(18)13-7-5-4-6-8-13/h4-8,14H,9-12H2,1-3H3. The fourth-order valence-corrected chi connectivity index (χ4v) is 2.64. The van der Waals surface area contributed by atoms with Gasteiger partial charge in [-0.25, -0.2) is 4.79 Å². The molecule has 1 unspecified atom stereocenters. The van der Waals surface area contributed by atoms with Gasteiger partial charge in [-0.3, -0.25) is 4.79 Å². The van der Waals surface area contributed by atoms with Crippen molar-refractivity contribution in [2.24, 2.45) is 0 Å². The second-order valence-electron chi connectivity index (χ2n) is 6.57. The Morgan fingerprint density at radius 2 is 1.57 bits per heavy atom. The Morgan fingerprint density at radius 1 is 1.04 bits per heavy atom. The van der Waals surface area contributed by atoms with Gasteiger partial charge in [-0.1, -0.05) is 30.3 Å². The number of benzene rings is 1. The highest BCUT2D eigenvalue weighted by Gasteiger charge is 2.30. The highest BCUT2D eigenvalue weighted by atomic mass is 35.5. The van der Waals surface area contributed by atoms with Crippen molar-refractivity contribution in [3.8, 4) is 0 Å². The van der Waals surface area contributed by atoms with Gasteiger partial charge in [0.05, 0.1) is 0 Å². The molecule has 1 heterocycles. The first-order valence-electron chi connectivity index (χ1n) is 7.73. The molecule has 0 radical (unpaired) electrons. The maximum atomic E-state index is 12.5. The predicted octanol–water partition coefficient (Wildman–Crippen LogP) is 3.05. The van der Waals surface area contributed by atoms with Gasteiger partial charge >= 0.3 is 6.09 Å². The summed E-state index contributed by atoms with van der Waals surface area (Å²) in [4.78, 5) is 27.8. The molecule has 1 aromatic rings. The zero-order chi connectivity index (χ0) is 17.0. The van der Waals surface area contributed by atoms with Gasteiger partial charge in [-0.15, -0.1) is 11.6 Å². The molecule has 1 atom stereocenters. The van der Waals surface area contributed by atoms with E-state index >= 15 is 0 Å². The van der Waals surface area contributed by atoms with Crippen LogP contribution >= 0.6 is 11.6 Å². The number of hydrogen-bond acceptors (Lipinski definition) is 3. The summed E-state index contributed by atoms with van der Waals surface area (Å²) in [6.45, 7) is 7.36. The number of rotatable bonds is 2. The minimum absolute atomic E-state index is 0.123. The monoisotopic (exact) mass is 338 g/mol. The summed E-state index contributed by atoms with van der Waals surface area (Å²) in [6.07, 6.45) is -0.338. The number of hydrogen-bond donors (Lipinski definition) is 0. The van der Waals surface area contributed by atoms with Gasteiger partial charge in [0, 0.05) is 26.2 Å². The van der Waals surface area contributed by atoms with Crippen LogP contribution in [0.15, 0.2) is 30.3 Å². The number of alkyl halides is 1. The third-order valence-corrected chi connectivity index (χ3v) is 3.99. The Kier molecular flexibility index (Phi) is 5.52. The largest absolute Gasteiger partial charge is 0.444 e. The van der Waals surface area contributed by atoms with E-state index in [2.05, 4.69) is 0 Å². The lowest BCUT2D eigenvalue weighted by molar-refractivity contribution is -0.132. The van der Waals surface area contributed by atoms with E-state index in [1.165, 1.54) is 0 Å². The molecule has 0 saturated carbocycles. The van der Waals surface area contributed by atoms with Gasteiger partial charge in [0.2, 0.25) is 5.91 Å². The molecule has 0 aliphatic carbocycles. The van der Waals surface area contributed by atoms with E-state index in [1.807, 2.05) is 51.1 Å². The molecule has 1 aliphatic heterocycles. The maximum absolute atomic E-state index is 12.5. The number of piperazine rings is 1. The molecular weight excluding hydrogens is 316 g/mol. The summed E-state index contributed by atoms with van der Waals surface area (Å²) in [5.41, 5.74) is 0.271. The second kappa shape index (κ2) is 7.21. The molecule has 6 heteroatoms. The first-order valence-corrected chi connectivity index (χ1v) is 8.17. The molecule has 2 rings (SSSR count). The van der Waals surface area contributed by atoms with E-state index in [-0.39, 0.29) is 12.0 Å². The molecular formula is C17H23ClN2O3. The molecule has 1 fully saturated rings. The van der Waals surface area contributed by atoms with Crippen LogP contribution in [-0.2, 0) is 9.53 Å². The van der Waals surface area contributed by atoms with E-state index in [9.17, 15) is 9.59 Å². The van der Waals surface area contributed by atoms with Crippen LogP contribution in [0.3, 0.4) is 0 Å². The molecule has 0 bridgehead atoms. The minimum Gasteiger partial charge on any atom is -0.444 e. The van der Waals surface area contributed by atoms with Crippen LogP contribution in [0.1, 0.15) is 31.7 Å². The zero-order valence-electron chi connectivity index (χ0n) is 13.8. The average molecular weight is 339 g/mol. The summed E-state index contributed by atoms with van der Waals surface area (Å²) in [5.74, 6) is -0.123.